The van der Waals surface area contributed by atoms with Gasteiger partial charge in [-0.15, -0.1) is 0 Å². The van der Waals surface area contributed by atoms with E-state index in [4.69, 9.17) is 0 Å². The Morgan fingerprint density at radius 3 is 2.67 bits per heavy atom. The molecule has 0 atom stereocenters. The summed E-state index contributed by atoms with van der Waals surface area (Å²) < 4.78 is 0. The number of hydrogen-bond donors (Lipinski definition) is 0. The molecule has 0 aromatic rings. The lowest BCUT2D eigenvalue weighted by Crippen LogP contribution is -2.40. The molecule has 0 aromatic carbocycles. The van der Waals surface area contributed by atoms with E-state index in [1.165, 1.54) is 11.0 Å². The van der Waals surface area contributed by atoms with Gasteiger partial charge in [0.15, 0.2) is 0 Å². The molecular formula is C9H13NO2. The maximum Gasteiger partial charge on any atom is 0.252 e. The van der Waals surface area contributed by atoms with Crippen molar-refractivity contribution in [2.45, 2.75) is 20.3 Å². The fourth-order valence-corrected chi connectivity index (χ4v) is 1.14. The second-order valence-corrected chi connectivity index (χ2v) is 3.34. The smallest absolute Gasteiger partial charge is 0.252 e. The van der Waals surface area contributed by atoms with Gasteiger partial charge in [0.2, 0.25) is 5.91 Å². The highest BCUT2D eigenvalue weighted by Crippen LogP contribution is 2.07. The molecule has 12 heavy (non-hydrogen) atoms. The number of amides is 2. The molecule has 0 fully saturated rings. The largest absolute Gasteiger partial charge is 0.279 e. The maximum atomic E-state index is 11.2. The van der Waals surface area contributed by atoms with Crippen LogP contribution in [0.5, 0.6) is 0 Å². The van der Waals surface area contributed by atoms with Crippen molar-refractivity contribution in [1.29, 1.82) is 0 Å². The number of nitrogens with zero attached hydrogens (tertiary/aromatic N) is 1. The Morgan fingerprint density at radius 1 is 1.50 bits per heavy atom. The summed E-state index contributed by atoms with van der Waals surface area (Å²) in [6.45, 7) is 4.50. The summed E-state index contributed by atoms with van der Waals surface area (Å²) in [6, 6.07) is 0. The maximum absolute atomic E-state index is 11.2. The Kier molecular flexibility index (Phi) is 2.63. The van der Waals surface area contributed by atoms with E-state index in [2.05, 4.69) is 0 Å². The lowest BCUT2D eigenvalue weighted by molar-refractivity contribution is -0.142. The standard InChI is InChI=1S/C9H13NO2/c1-7(2)6-10-8(11)4-3-5-9(10)12/h3-4,7H,5-6H2,1-2H3. The summed E-state index contributed by atoms with van der Waals surface area (Å²) in [7, 11) is 0. The van der Waals surface area contributed by atoms with Gasteiger partial charge in [-0.05, 0) is 5.92 Å². The average Bonchev–Trinajstić information content (AvgIpc) is 1.97. The highest BCUT2D eigenvalue weighted by molar-refractivity contribution is 6.04. The van der Waals surface area contributed by atoms with Crippen molar-refractivity contribution in [3.8, 4) is 0 Å². The Bertz CT molecular complexity index is 231. The van der Waals surface area contributed by atoms with Gasteiger partial charge in [-0.25, -0.2) is 0 Å². The summed E-state index contributed by atoms with van der Waals surface area (Å²) in [6.07, 6.45) is 3.43. The minimum absolute atomic E-state index is 0.0869. The van der Waals surface area contributed by atoms with Crippen LogP contribution in [0.1, 0.15) is 20.3 Å². The fraction of sp³-hybridized carbons (Fsp3) is 0.556. The molecule has 0 radical (unpaired) electrons. The minimum Gasteiger partial charge on any atom is -0.279 e. The first kappa shape index (κ1) is 8.97. The van der Waals surface area contributed by atoms with Crippen molar-refractivity contribution in [2.75, 3.05) is 6.54 Å². The van der Waals surface area contributed by atoms with E-state index in [9.17, 15) is 9.59 Å². The summed E-state index contributed by atoms with van der Waals surface area (Å²) >= 11 is 0. The van der Waals surface area contributed by atoms with Crippen LogP contribution >= 0.6 is 0 Å². The van der Waals surface area contributed by atoms with Crippen LogP contribution in [0.3, 0.4) is 0 Å². The molecular weight excluding hydrogens is 154 g/mol. The molecule has 66 valence electrons. The van der Waals surface area contributed by atoms with Gasteiger partial charge in [0, 0.05) is 19.0 Å². The van der Waals surface area contributed by atoms with Gasteiger partial charge in [-0.3, -0.25) is 14.5 Å². The normalized spacial score (nSPS) is 17.8. The summed E-state index contributed by atoms with van der Waals surface area (Å²) in [5, 5.41) is 0. The van der Waals surface area contributed by atoms with Crippen LogP contribution in [0.25, 0.3) is 0 Å². The van der Waals surface area contributed by atoms with Crippen molar-refractivity contribution in [2.24, 2.45) is 5.92 Å². The van der Waals surface area contributed by atoms with Crippen LogP contribution in [-0.4, -0.2) is 23.3 Å². The fourth-order valence-electron chi connectivity index (χ4n) is 1.14. The van der Waals surface area contributed by atoms with Crippen molar-refractivity contribution < 1.29 is 9.59 Å². The molecule has 0 bridgehead atoms. The highest BCUT2D eigenvalue weighted by atomic mass is 16.2. The van der Waals surface area contributed by atoms with Crippen LogP contribution in [-0.2, 0) is 9.59 Å². The van der Waals surface area contributed by atoms with E-state index >= 15 is 0 Å². The number of carbonyl (C=O) groups excluding carboxylic acids is 2. The van der Waals surface area contributed by atoms with Crippen molar-refractivity contribution in [3.63, 3.8) is 0 Å². The Labute approximate surface area is 72.0 Å². The monoisotopic (exact) mass is 167 g/mol. The first-order chi connectivity index (χ1) is 5.61. The van der Waals surface area contributed by atoms with Crippen LogP contribution in [0.2, 0.25) is 0 Å². The molecule has 0 saturated heterocycles. The SMILES string of the molecule is CC(C)CN1C(=O)C=CCC1=O. The Hall–Kier alpha value is -1.12. The van der Waals surface area contributed by atoms with E-state index in [1.54, 1.807) is 6.08 Å². The highest BCUT2D eigenvalue weighted by Gasteiger charge is 2.22. The first-order valence-corrected chi connectivity index (χ1v) is 4.12. The third kappa shape index (κ3) is 1.94. The van der Waals surface area contributed by atoms with Crippen molar-refractivity contribution >= 4 is 11.8 Å². The first-order valence-electron chi connectivity index (χ1n) is 4.12. The van der Waals surface area contributed by atoms with Crippen molar-refractivity contribution in [1.82, 2.24) is 4.90 Å². The van der Waals surface area contributed by atoms with E-state index in [1.807, 2.05) is 13.8 Å². The third-order valence-corrected chi connectivity index (χ3v) is 1.67. The summed E-state index contributed by atoms with van der Waals surface area (Å²) in [4.78, 5) is 23.7. The van der Waals surface area contributed by atoms with Crippen molar-refractivity contribution in [3.05, 3.63) is 12.2 Å². The zero-order chi connectivity index (χ0) is 9.14. The number of carbonyl (C=O) groups is 2. The Balaban J connectivity index is 2.67. The van der Waals surface area contributed by atoms with Gasteiger partial charge in [-0.2, -0.15) is 0 Å². The van der Waals surface area contributed by atoms with E-state index in [-0.39, 0.29) is 11.8 Å². The zero-order valence-corrected chi connectivity index (χ0v) is 7.41. The second kappa shape index (κ2) is 3.52. The molecule has 1 heterocycles. The third-order valence-electron chi connectivity index (χ3n) is 1.67. The molecule has 3 nitrogen and oxygen atoms in total. The molecule has 0 saturated carbocycles. The summed E-state index contributed by atoms with van der Waals surface area (Å²) in [5.74, 6) is 0.0700. The second-order valence-electron chi connectivity index (χ2n) is 3.34. The van der Waals surface area contributed by atoms with E-state index < -0.39 is 0 Å². The molecule has 0 aromatic heterocycles. The molecule has 1 rings (SSSR count). The summed E-state index contributed by atoms with van der Waals surface area (Å²) in [5.41, 5.74) is 0. The van der Waals surface area contributed by atoms with E-state index in [0.717, 1.165) is 0 Å². The number of rotatable bonds is 2. The van der Waals surface area contributed by atoms with Gasteiger partial charge in [0.25, 0.3) is 5.91 Å². The van der Waals surface area contributed by atoms with Gasteiger partial charge < -0.3 is 0 Å². The van der Waals surface area contributed by atoms with Crippen LogP contribution in [0, 0.1) is 5.92 Å². The molecule has 1 aliphatic rings. The topological polar surface area (TPSA) is 37.4 Å². The predicted molar refractivity (Wildman–Crippen MR) is 45.3 cm³/mol. The van der Waals surface area contributed by atoms with Gasteiger partial charge in [0.1, 0.15) is 0 Å². The molecule has 2 amide bonds. The van der Waals surface area contributed by atoms with Gasteiger partial charge >= 0.3 is 0 Å². The quantitative estimate of drug-likeness (QED) is 0.574. The number of hydrogen-bond acceptors (Lipinski definition) is 2. The lowest BCUT2D eigenvalue weighted by atomic mass is 10.1. The molecule has 0 unspecified atom stereocenters. The predicted octanol–water partition coefficient (Wildman–Crippen LogP) is 0.958. The molecule has 0 aliphatic carbocycles. The number of imide groups is 1. The zero-order valence-electron chi connectivity index (χ0n) is 7.41. The minimum atomic E-state index is -0.181. The van der Waals surface area contributed by atoms with Crippen LogP contribution in [0.15, 0.2) is 12.2 Å². The molecule has 1 aliphatic heterocycles. The average molecular weight is 167 g/mol. The molecule has 3 heteroatoms. The van der Waals surface area contributed by atoms with Crippen LogP contribution in [0.4, 0.5) is 0 Å². The van der Waals surface area contributed by atoms with Gasteiger partial charge in [0.05, 0.1) is 0 Å². The molecule has 0 N–H and O–H groups in total. The Morgan fingerprint density at radius 2 is 2.17 bits per heavy atom. The van der Waals surface area contributed by atoms with Gasteiger partial charge in [-0.1, -0.05) is 19.9 Å². The molecule has 0 spiro atoms. The lowest BCUT2D eigenvalue weighted by Gasteiger charge is -2.23. The van der Waals surface area contributed by atoms with Crippen LogP contribution < -0.4 is 0 Å². The van der Waals surface area contributed by atoms with E-state index in [0.29, 0.717) is 18.9 Å².